The van der Waals surface area contributed by atoms with Gasteiger partial charge in [0, 0.05) is 38.3 Å². The summed E-state index contributed by atoms with van der Waals surface area (Å²) in [6, 6.07) is 18.2. The molecule has 32 heavy (non-hydrogen) atoms. The van der Waals surface area contributed by atoms with Gasteiger partial charge in [0.2, 0.25) is 0 Å². The van der Waals surface area contributed by atoms with E-state index in [2.05, 4.69) is 29.2 Å². The van der Waals surface area contributed by atoms with Gasteiger partial charge in [0.15, 0.2) is 0 Å². The summed E-state index contributed by atoms with van der Waals surface area (Å²) in [5.74, 6) is -0.144. The number of hydrogen-bond donors (Lipinski definition) is 0. The maximum absolute atomic E-state index is 12.3. The first-order valence-electron chi connectivity index (χ1n) is 11.3. The normalized spacial score (nSPS) is 14.2. The van der Waals surface area contributed by atoms with Gasteiger partial charge in [-0.25, -0.2) is 4.79 Å². The van der Waals surface area contributed by atoms with Crippen LogP contribution in [-0.4, -0.2) is 48.7 Å². The van der Waals surface area contributed by atoms with E-state index < -0.39 is 5.60 Å². The topological polar surface area (TPSA) is 59.1 Å². The first-order valence-corrected chi connectivity index (χ1v) is 11.3. The molecule has 172 valence electrons. The number of hydrogen-bond acceptors (Lipinski definition) is 5. The Morgan fingerprint density at radius 3 is 2.16 bits per heavy atom. The van der Waals surface area contributed by atoms with Crippen molar-refractivity contribution in [3.8, 4) is 0 Å². The van der Waals surface area contributed by atoms with Crippen molar-refractivity contribution < 1.29 is 19.1 Å². The number of amides is 1. The molecule has 2 aromatic carbocycles. The number of rotatable bonds is 7. The number of esters is 1. The van der Waals surface area contributed by atoms with Crippen molar-refractivity contribution in [3.63, 3.8) is 0 Å². The molecule has 1 heterocycles. The molecule has 1 fully saturated rings. The van der Waals surface area contributed by atoms with Crippen LogP contribution in [0.25, 0.3) is 0 Å². The molecule has 0 N–H and O–H groups in total. The zero-order valence-corrected chi connectivity index (χ0v) is 19.4. The van der Waals surface area contributed by atoms with E-state index in [1.165, 1.54) is 5.56 Å². The average Bonchev–Trinajstić information content (AvgIpc) is 2.77. The Morgan fingerprint density at radius 1 is 0.875 bits per heavy atom. The third-order valence-electron chi connectivity index (χ3n) is 5.31. The van der Waals surface area contributed by atoms with Gasteiger partial charge in [-0.15, -0.1) is 0 Å². The van der Waals surface area contributed by atoms with Crippen LogP contribution < -0.4 is 4.90 Å². The fourth-order valence-electron chi connectivity index (χ4n) is 3.66. The summed E-state index contributed by atoms with van der Waals surface area (Å²) in [6.07, 6.45) is 1.80. The van der Waals surface area contributed by atoms with Gasteiger partial charge in [-0.05, 0) is 56.9 Å². The number of benzene rings is 2. The van der Waals surface area contributed by atoms with E-state index in [0.717, 1.165) is 37.2 Å². The van der Waals surface area contributed by atoms with Gasteiger partial charge >= 0.3 is 12.1 Å². The molecule has 1 aliphatic rings. The standard InChI is InChI=1S/C26H34N2O4/c1-26(2,3)32-24(29)11-7-10-21-12-14-23(15-13-21)27-16-18-28(19-17-27)25(30)31-20-22-8-5-4-6-9-22/h4-6,8-9,12-15H,7,10-11,16-20H2,1-3H3. The Kier molecular flexibility index (Phi) is 8.14. The molecule has 6 nitrogen and oxygen atoms in total. The first-order chi connectivity index (χ1) is 15.3. The van der Waals surface area contributed by atoms with Crippen molar-refractivity contribution in [3.05, 3.63) is 65.7 Å². The molecular weight excluding hydrogens is 404 g/mol. The lowest BCUT2D eigenvalue weighted by atomic mass is 10.1. The molecular formula is C26H34N2O4. The van der Waals surface area contributed by atoms with Crippen LogP contribution in [0.15, 0.2) is 54.6 Å². The third kappa shape index (κ3) is 7.59. The van der Waals surface area contributed by atoms with Crippen LogP contribution in [0, 0.1) is 0 Å². The number of piperazine rings is 1. The minimum Gasteiger partial charge on any atom is -0.460 e. The van der Waals surface area contributed by atoms with E-state index in [0.29, 0.717) is 26.1 Å². The monoisotopic (exact) mass is 438 g/mol. The van der Waals surface area contributed by atoms with Gasteiger partial charge in [-0.3, -0.25) is 4.79 Å². The summed E-state index contributed by atoms with van der Waals surface area (Å²) < 4.78 is 10.8. The zero-order valence-electron chi connectivity index (χ0n) is 19.4. The Balaban J connectivity index is 1.39. The number of carbonyl (C=O) groups excluding carboxylic acids is 2. The molecule has 1 saturated heterocycles. The lowest BCUT2D eigenvalue weighted by molar-refractivity contribution is -0.154. The van der Waals surface area contributed by atoms with Crippen LogP contribution >= 0.6 is 0 Å². The highest BCUT2D eigenvalue weighted by Gasteiger charge is 2.22. The van der Waals surface area contributed by atoms with Crippen molar-refractivity contribution >= 4 is 17.7 Å². The van der Waals surface area contributed by atoms with Crippen molar-refractivity contribution in [2.24, 2.45) is 0 Å². The van der Waals surface area contributed by atoms with Gasteiger partial charge in [0.25, 0.3) is 0 Å². The summed E-state index contributed by atoms with van der Waals surface area (Å²) in [5, 5.41) is 0. The number of nitrogens with zero attached hydrogens (tertiary/aromatic N) is 2. The fraction of sp³-hybridized carbons (Fsp3) is 0.462. The van der Waals surface area contributed by atoms with Crippen LogP contribution in [-0.2, 0) is 27.3 Å². The molecule has 0 unspecified atom stereocenters. The molecule has 1 aliphatic heterocycles. The van der Waals surface area contributed by atoms with Crippen molar-refractivity contribution in [2.45, 2.75) is 52.2 Å². The highest BCUT2D eigenvalue weighted by Crippen LogP contribution is 2.19. The summed E-state index contributed by atoms with van der Waals surface area (Å²) in [4.78, 5) is 28.2. The summed E-state index contributed by atoms with van der Waals surface area (Å²) in [5.41, 5.74) is 2.92. The maximum Gasteiger partial charge on any atom is 0.410 e. The van der Waals surface area contributed by atoms with Crippen LogP contribution in [0.3, 0.4) is 0 Å². The van der Waals surface area contributed by atoms with Gasteiger partial charge in [0.05, 0.1) is 0 Å². The van der Waals surface area contributed by atoms with Crippen molar-refractivity contribution in [2.75, 3.05) is 31.1 Å². The van der Waals surface area contributed by atoms with Gasteiger partial charge < -0.3 is 19.3 Å². The Bertz CT molecular complexity index is 867. The number of ether oxygens (including phenoxy) is 2. The van der Waals surface area contributed by atoms with E-state index in [-0.39, 0.29) is 12.1 Å². The quantitative estimate of drug-likeness (QED) is 0.581. The lowest BCUT2D eigenvalue weighted by Crippen LogP contribution is -2.48. The molecule has 0 bridgehead atoms. The predicted molar refractivity (Wildman–Crippen MR) is 126 cm³/mol. The SMILES string of the molecule is CC(C)(C)OC(=O)CCCc1ccc(N2CCN(C(=O)OCc3ccccc3)CC2)cc1. The van der Waals surface area contributed by atoms with Crippen LogP contribution in [0.5, 0.6) is 0 Å². The molecule has 0 spiro atoms. The summed E-state index contributed by atoms with van der Waals surface area (Å²) in [7, 11) is 0. The zero-order chi connectivity index (χ0) is 23.0. The summed E-state index contributed by atoms with van der Waals surface area (Å²) >= 11 is 0. The first kappa shape index (κ1) is 23.6. The molecule has 3 rings (SSSR count). The van der Waals surface area contributed by atoms with Crippen molar-refractivity contribution in [1.29, 1.82) is 0 Å². The maximum atomic E-state index is 12.3. The van der Waals surface area contributed by atoms with E-state index in [1.807, 2.05) is 51.1 Å². The number of anilines is 1. The van der Waals surface area contributed by atoms with Crippen LogP contribution in [0.2, 0.25) is 0 Å². The highest BCUT2D eigenvalue weighted by atomic mass is 16.6. The van der Waals surface area contributed by atoms with E-state index in [9.17, 15) is 9.59 Å². The number of aryl methyl sites for hydroxylation is 1. The van der Waals surface area contributed by atoms with Gasteiger partial charge in [0.1, 0.15) is 12.2 Å². The van der Waals surface area contributed by atoms with Gasteiger partial charge in [-0.2, -0.15) is 0 Å². The minimum atomic E-state index is -0.429. The highest BCUT2D eigenvalue weighted by molar-refractivity contribution is 5.70. The fourth-order valence-corrected chi connectivity index (χ4v) is 3.66. The third-order valence-corrected chi connectivity index (χ3v) is 5.31. The molecule has 1 amide bonds. The molecule has 0 atom stereocenters. The second-order valence-electron chi connectivity index (χ2n) is 9.12. The predicted octanol–water partition coefficient (Wildman–Crippen LogP) is 4.81. The molecule has 0 aromatic heterocycles. The Labute approximate surface area is 191 Å². The smallest absolute Gasteiger partial charge is 0.410 e. The van der Waals surface area contributed by atoms with Crippen LogP contribution in [0.4, 0.5) is 10.5 Å². The second-order valence-corrected chi connectivity index (χ2v) is 9.12. The van der Waals surface area contributed by atoms with E-state index in [1.54, 1.807) is 4.90 Å². The molecule has 0 radical (unpaired) electrons. The lowest BCUT2D eigenvalue weighted by Gasteiger charge is -2.35. The summed E-state index contributed by atoms with van der Waals surface area (Å²) in [6.45, 7) is 8.80. The molecule has 0 aliphatic carbocycles. The molecule has 2 aromatic rings. The van der Waals surface area contributed by atoms with Gasteiger partial charge in [-0.1, -0.05) is 42.5 Å². The van der Waals surface area contributed by atoms with Crippen molar-refractivity contribution in [1.82, 2.24) is 4.90 Å². The van der Waals surface area contributed by atoms with E-state index in [4.69, 9.17) is 9.47 Å². The molecule has 6 heteroatoms. The number of carbonyl (C=O) groups is 2. The second kappa shape index (κ2) is 11.0. The van der Waals surface area contributed by atoms with E-state index >= 15 is 0 Å². The minimum absolute atomic E-state index is 0.144. The van der Waals surface area contributed by atoms with Crippen LogP contribution in [0.1, 0.15) is 44.7 Å². The largest absolute Gasteiger partial charge is 0.460 e. The Hall–Kier alpha value is -3.02. The Morgan fingerprint density at radius 2 is 1.53 bits per heavy atom. The molecule has 0 saturated carbocycles. The average molecular weight is 439 g/mol.